The van der Waals surface area contributed by atoms with Gasteiger partial charge in [-0.3, -0.25) is 9.97 Å². The topological polar surface area (TPSA) is 54.4 Å². The average molecular weight is 375 g/mol. The number of ether oxygens (including phenoxy) is 1. The summed E-state index contributed by atoms with van der Waals surface area (Å²) < 4.78 is 5.65. The van der Waals surface area contributed by atoms with Gasteiger partial charge in [0.15, 0.2) is 0 Å². The molecule has 28 heavy (non-hydrogen) atoms. The number of hydrogen-bond acceptors (Lipinski definition) is 6. The Labute approximate surface area is 165 Å². The molecule has 1 aliphatic rings. The fraction of sp³-hybridized carbons (Fsp3) is 0.318. The molecular formula is C22H25N5O. The van der Waals surface area contributed by atoms with Crippen LogP contribution in [-0.4, -0.2) is 47.2 Å². The van der Waals surface area contributed by atoms with Gasteiger partial charge in [0.05, 0.1) is 17.5 Å². The summed E-state index contributed by atoms with van der Waals surface area (Å²) in [6.07, 6.45) is 7.49. The lowest BCUT2D eigenvalue weighted by Crippen LogP contribution is -2.46. The van der Waals surface area contributed by atoms with E-state index >= 15 is 0 Å². The second kappa shape index (κ2) is 8.25. The fourth-order valence-corrected chi connectivity index (χ4v) is 3.47. The molecule has 0 saturated carbocycles. The van der Waals surface area contributed by atoms with Crippen LogP contribution in [0.5, 0.6) is 5.88 Å². The molecule has 4 rings (SSSR count). The summed E-state index contributed by atoms with van der Waals surface area (Å²) >= 11 is 0. The fourth-order valence-electron chi connectivity index (χ4n) is 3.47. The summed E-state index contributed by atoms with van der Waals surface area (Å²) in [6.45, 7) is 7.83. The number of hydrogen-bond donors (Lipinski definition) is 0. The maximum atomic E-state index is 5.65. The van der Waals surface area contributed by atoms with E-state index in [1.165, 1.54) is 5.69 Å². The van der Waals surface area contributed by atoms with E-state index in [1.54, 1.807) is 0 Å². The number of piperazine rings is 1. The largest absolute Gasteiger partial charge is 0.475 e. The Morgan fingerprint density at radius 2 is 1.61 bits per heavy atom. The summed E-state index contributed by atoms with van der Waals surface area (Å²) in [4.78, 5) is 18.0. The third kappa shape index (κ3) is 4.06. The van der Waals surface area contributed by atoms with Crippen LogP contribution in [0.4, 0.5) is 11.4 Å². The minimum atomic E-state index is 0.112. The van der Waals surface area contributed by atoms with Gasteiger partial charge in [-0.25, -0.2) is 4.98 Å². The van der Waals surface area contributed by atoms with Crippen LogP contribution >= 0.6 is 0 Å². The summed E-state index contributed by atoms with van der Waals surface area (Å²) in [6, 6.07) is 12.2. The van der Waals surface area contributed by atoms with Crippen molar-refractivity contribution in [1.29, 1.82) is 0 Å². The van der Waals surface area contributed by atoms with Crippen molar-refractivity contribution >= 4 is 11.4 Å². The second-order valence-electron chi connectivity index (χ2n) is 7.10. The van der Waals surface area contributed by atoms with Crippen molar-refractivity contribution in [3.8, 4) is 17.1 Å². The van der Waals surface area contributed by atoms with Crippen LogP contribution in [-0.2, 0) is 0 Å². The number of nitrogens with zero attached hydrogens (tertiary/aromatic N) is 5. The summed E-state index contributed by atoms with van der Waals surface area (Å²) in [5, 5.41) is 0. The van der Waals surface area contributed by atoms with Crippen molar-refractivity contribution in [2.45, 2.75) is 20.0 Å². The smallest absolute Gasteiger partial charge is 0.213 e. The van der Waals surface area contributed by atoms with Crippen molar-refractivity contribution in [3.63, 3.8) is 0 Å². The quantitative estimate of drug-likeness (QED) is 0.678. The van der Waals surface area contributed by atoms with Crippen molar-refractivity contribution in [2.75, 3.05) is 36.0 Å². The Morgan fingerprint density at radius 1 is 0.857 bits per heavy atom. The first-order valence-corrected chi connectivity index (χ1v) is 9.69. The van der Waals surface area contributed by atoms with E-state index in [4.69, 9.17) is 4.74 Å². The Kier molecular flexibility index (Phi) is 5.37. The Bertz CT molecular complexity index is 890. The van der Waals surface area contributed by atoms with Crippen LogP contribution in [0.3, 0.4) is 0 Å². The molecule has 4 heterocycles. The standard InChI is InChI=1S/C22H25N5O/c1-17(2)28-21-6-5-18(16-25-21)22-20(4-3-9-24-22)27-14-12-26(13-15-27)19-7-10-23-11-8-19/h3-11,16-17H,12-15H2,1-2H3. The van der Waals surface area contributed by atoms with E-state index in [9.17, 15) is 0 Å². The van der Waals surface area contributed by atoms with Gasteiger partial charge in [0.1, 0.15) is 0 Å². The van der Waals surface area contributed by atoms with Crippen molar-refractivity contribution in [3.05, 3.63) is 61.2 Å². The molecule has 0 aliphatic carbocycles. The summed E-state index contributed by atoms with van der Waals surface area (Å²) in [5.74, 6) is 0.641. The number of anilines is 2. The predicted octanol–water partition coefficient (Wildman–Crippen LogP) is 3.65. The van der Waals surface area contributed by atoms with Crippen molar-refractivity contribution in [2.24, 2.45) is 0 Å². The van der Waals surface area contributed by atoms with Crippen LogP contribution < -0.4 is 14.5 Å². The van der Waals surface area contributed by atoms with Gasteiger partial charge in [-0.05, 0) is 44.2 Å². The highest BCUT2D eigenvalue weighted by Gasteiger charge is 2.20. The van der Waals surface area contributed by atoms with Gasteiger partial charge in [-0.1, -0.05) is 0 Å². The first-order valence-electron chi connectivity index (χ1n) is 9.69. The predicted molar refractivity (Wildman–Crippen MR) is 112 cm³/mol. The number of pyridine rings is 3. The zero-order valence-electron chi connectivity index (χ0n) is 16.3. The molecule has 0 radical (unpaired) electrons. The normalized spacial score (nSPS) is 14.4. The zero-order chi connectivity index (χ0) is 19.3. The van der Waals surface area contributed by atoms with Crippen LogP contribution in [0.15, 0.2) is 61.2 Å². The van der Waals surface area contributed by atoms with Gasteiger partial charge in [-0.15, -0.1) is 0 Å². The molecule has 0 N–H and O–H groups in total. The monoisotopic (exact) mass is 375 g/mol. The Morgan fingerprint density at radius 3 is 2.29 bits per heavy atom. The highest BCUT2D eigenvalue weighted by atomic mass is 16.5. The molecule has 0 aromatic carbocycles. The molecule has 6 heteroatoms. The van der Waals surface area contributed by atoms with Gasteiger partial charge in [0.25, 0.3) is 0 Å². The lowest BCUT2D eigenvalue weighted by Gasteiger charge is -2.37. The zero-order valence-corrected chi connectivity index (χ0v) is 16.3. The maximum absolute atomic E-state index is 5.65. The minimum Gasteiger partial charge on any atom is -0.475 e. The lowest BCUT2D eigenvalue weighted by molar-refractivity contribution is 0.232. The van der Waals surface area contributed by atoms with E-state index in [0.717, 1.165) is 43.1 Å². The molecule has 3 aromatic rings. The van der Waals surface area contributed by atoms with E-state index in [1.807, 2.05) is 56.8 Å². The first-order chi connectivity index (χ1) is 13.7. The van der Waals surface area contributed by atoms with Gasteiger partial charge in [0, 0.05) is 68.3 Å². The molecule has 0 atom stereocenters. The number of aromatic nitrogens is 3. The average Bonchev–Trinajstić information content (AvgIpc) is 2.75. The molecule has 144 valence electrons. The first kappa shape index (κ1) is 18.2. The Balaban J connectivity index is 1.51. The van der Waals surface area contributed by atoms with Crippen LogP contribution in [0, 0.1) is 0 Å². The van der Waals surface area contributed by atoms with Crippen LogP contribution in [0.1, 0.15) is 13.8 Å². The highest BCUT2D eigenvalue weighted by molar-refractivity contribution is 5.75. The summed E-state index contributed by atoms with van der Waals surface area (Å²) in [5.41, 5.74) is 4.34. The van der Waals surface area contributed by atoms with E-state index in [0.29, 0.717) is 5.88 Å². The second-order valence-corrected chi connectivity index (χ2v) is 7.10. The molecule has 0 spiro atoms. The number of rotatable bonds is 5. The third-order valence-corrected chi connectivity index (χ3v) is 4.80. The molecule has 3 aromatic heterocycles. The van der Waals surface area contributed by atoms with E-state index < -0.39 is 0 Å². The molecule has 1 fully saturated rings. The SMILES string of the molecule is CC(C)Oc1ccc(-c2ncccc2N2CCN(c3ccncc3)CC2)cn1. The van der Waals surface area contributed by atoms with Gasteiger partial charge in [0.2, 0.25) is 5.88 Å². The minimum absolute atomic E-state index is 0.112. The van der Waals surface area contributed by atoms with Crippen molar-refractivity contribution < 1.29 is 4.74 Å². The van der Waals surface area contributed by atoms with Gasteiger partial charge < -0.3 is 14.5 Å². The lowest BCUT2D eigenvalue weighted by atomic mass is 10.1. The molecule has 0 amide bonds. The molecule has 1 aliphatic heterocycles. The Hall–Kier alpha value is -3.15. The van der Waals surface area contributed by atoms with E-state index in [-0.39, 0.29) is 6.10 Å². The molecule has 0 unspecified atom stereocenters. The third-order valence-electron chi connectivity index (χ3n) is 4.80. The highest BCUT2D eigenvalue weighted by Crippen LogP contribution is 2.30. The van der Waals surface area contributed by atoms with Gasteiger partial charge in [-0.2, -0.15) is 0 Å². The van der Waals surface area contributed by atoms with E-state index in [2.05, 4.69) is 43.0 Å². The molecular weight excluding hydrogens is 350 g/mol. The molecule has 1 saturated heterocycles. The molecule has 6 nitrogen and oxygen atoms in total. The van der Waals surface area contributed by atoms with Crippen molar-refractivity contribution in [1.82, 2.24) is 15.0 Å². The molecule has 0 bridgehead atoms. The van der Waals surface area contributed by atoms with Crippen LogP contribution in [0.2, 0.25) is 0 Å². The van der Waals surface area contributed by atoms with Gasteiger partial charge >= 0.3 is 0 Å². The maximum Gasteiger partial charge on any atom is 0.213 e. The van der Waals surface area contributed by atoms with Crippen LogP contribution in [0.25, 0.3) is 11.3 Å². The summed E-state index contributed by atoms with van der Waals surface area (Å²) in [7, 11) is 0.